The highest BCUT2D eigenvalue weighted by atomic mass is 16.3. The van der Waals surface area contributed by atoms with Crippen molar-refractivity contribution in [2.24, 2.45) is 0 Å². The monoisotopic (exact) mass is 288 g/mol. The van der Waals surface area contributed by atoms with Gasteiger partial charge in [0.15, 0.2) is 0 Å². The van der Waals surface area contributed by atoms with Gasteiger partial charge in [-0.2, -0.15) is 0 Å². The van der Waals surface area contributed by atoms with Gasteiger partial charge < -0.3 is 15.4 Å². The zero-order valence-corrected chi connectivity index (χ0v) is 12.6. The van der Waals surface area contributed by atoms with E-state index in [1.807, 2.05) is 19.3 Å². The van der Waals surface area contributed by atoms with E-state index in [1.165, 1.54) is 29.5 Å². The summed E-state index contributed by atoms with van der Waals surface area (Å²) in [7, 11) is 2.05. The number of nitrogens with zero attached hydrogens (tertiary/aromatic N) is 2. The zero-order chi connectivity index (χ0) is 14.7. The van der Waals surface area contributed by atoms with Crippen molar-refractivity contribution < 1.29 is 5.11 Å². The Kier molecular flexibility index (Phi) is 4.53. The number of rotatable bonds is 5. The van der Waals surface area contributed by atoms with Gasteiger partial charge in [-0.1, -0.05) is 0 Å². The molecule has 3 heterocycles. The number of fused-ring (bicyclic) bond motifs is 1. The third-order valence-corrected chi connectivity index (χ3v) is 4.33. The molecule has 1 atom stereocenters. The summed E-state index contributed by atoms with van der Waals surface area (Å²) < 4.78 is 0. The molecule has 1 aliphatic rings. The Balaban J connectivity index is 1.96. The predicted molar refractivity (Wildman–Crippen MR) is 84.4 cm³/mol. The lowest BCUT2D eigenvalue weighted by Crippen LogP contribution is -2.29. The number of aliphatic hydroxyl groups excluding tert-OH is 1. The fourth-order valence-electron chi connectivity index (χ4n) is 3.23. The van der Waals surface area contributed by atoms with E-state index in [0.29, 0.717) is 12.5 Å². The van der Waals surface area contributed by atoms with Crippen LogP contribution < -0.4 is 5.32 Å². The third-order valence-electron chi connectivity index (χ3n) is 4.33. The van der Waals surface area contributed by atoms with E-state index >= 15 is 0 Å². The van der Waals surface area contributed by atoms with Gasteiger partial charge in [0.1, 0.15) is 5.65 Å². The minimum atomic E-state index is 0.192. The number of aromatic amines is 1. The van der Waals surface area contributed by atoms with E-state index in [2.05, 4.69) is 26.3 Å². The fourth-order valence-corrected chi connectivity index (χ4v) is 3.23. The van der Waals surface area contributed by atoms with Gasteiger partial charge in [-0.05, 0) is 44.1 Å². The van der Waals surface area contributed by atoms with Crippen LogP contribution in [0.5, 0.6) is 0 Å². The number of pyridine rings is 1. The van der Waals surface area contributed by atoms with Gasteiger partial charge >= 0.3 is 0 Å². The summed E-state index contributed by atoms with van der Waals surface area (Å²) in [4.78, 5) is 10.2. The number of hydrogen-bond donors (Lipinski definition) is 3. The molecule has 5 heteroatoms. The second-order valence-corrected chi connectivity index (χ2v) is 5.92. The van der Waals surface area contributed by atoms with Crippen molar-refractivity contribution in [3.63, 3.8) is 0 Å². The standard InChI is InChI=1S/C16H24N4O/c1-20(8-9-21)11-14-13-5-3-7-18-16(13)19-15(14)12-4-2-6-17-10-12/h3,5,7,12,17,21H,2,4,6,8-11H2,1H3,(H,18,19). The lowest BCUT2D eigenvalue weighted by atomic mass is 9.93. The molecule has 0 bridgehead atoms. The van der Waals surface area contributed by atoms with Crippen LogP contribution in [0.2, 0.25) is 0 Å². The van der Waals surface area contributed by atoms with Crippen LogP contribution in [-0.4, -0.2) is 53.3 Å². The van der Waals surface area contributed by atoms with Crippen molar-refractivity contribution >= 4 is 11.0 Å². The Morgan fingerprint density at radius 1 is 1.48 bits per heavy atom. The van der Waals surface area contributed by atoms with E-state index in [4.69, 9.17) is 5.11 Å². The molecule has 2 aromatic rings. The SMILES string of the molecule is CN(CCO)Cc1c(C2CCCNC2)[nH]c2ncccc12. The van der Waals surface area contributed by atoms with Crippen molar-refractivity contribution in [1.29, 1.82) is 0 Å². The topological polar surface area (TPSA) is 64.2 Å². The molecule has 5 nitrogen and oxygen atoms in total. The van der Waals surface area contributed by atoms with Crippen LogP contribution in [0.3, 0.4) is 0 Å². The highest BCUT2D eigenvalue weighted by Crippen LogP contribution is 2.31. The number of hydrogen-bond acceptors (Lipinski definition) is 4. The maximum Gasteiger partial charge on any atom is 0.137 e. The molecular formula is C16H24N4O. The molecule has 114 valence electrons. The number of aliphatic hydroxyl groups is 1. The van der Waals surface area contributed by atoms with Crippen molar-refractivity contribution in [3.8, 4) is 0 Å². The summed E-state index contributed by atoms with van der Waals surface area (Å²) in [6.45, 7) is 3.88. The van der Waals surface area contributed by atoms with Crippen LogP contribution in [0, 0.1) is 0 Å². The maximum atomic E-state index is 9.12. The molecule has 21 heavy (non-hydrogen) atoms. The van der Waals surface area contributed by atoms with Gasteiger partial charge in [0.25, 0.3) is 0 Å². The first-order valence-corrected chi connectivity index (χ1v) is 7.75. The lowest BCUT2D eigenvalue weighted by molar-refractivity contribution is 0.217. The molecule has 3 N–H and O–H groups in total. The summed E-state index contributed by atoms with van der Waals surface area (Å²) in [6.07, 6.45) is 4.28. The molecule has 3 rings (SSSR count). The van der Waals surface area contributed by atoms with Crippen LogP contribution >= 0.6 is 0 Å². The molecule has 1 unspecified atom stereocenters. The fraction of sp³-hybridized carbons (Fsp3) is 0.562. The molecular weight excluding hydrogens is 264 g/mol. The minimum absolute atomic E-state index is 0.192. The first-order valence-electron chi connectivity index (χ1n) is 7.75. The number of aromatic nitrogens is 2. The quantitative estimate of drug-likeness (QED) is 0.779. The second-order valence-electron chi connectivity index (χ2n) is 5.92. The molecule has 0 amide bonds. The van der Waals surface area contributed by atoms with Gasteiger partial charge in [0, 0.05) is 42.8 Å². The Labute approximate surface area is 125 Å². The largest absolute Gasteiger partial charge is 0.395 e. The average molecular weight is 288 g/mol. The Hall–Kier alpha value is -1.43. The molecule has 0 saturated carbocycles. The Morgan fingerprint density at radius 2 is 2.38 bits per heavy atom. The van der Waals surface area contributed by atoms with Crippen LogP contribution in [0.1, 0.15) is 30.0 Å². The molecule has 2 aromatic heterocycles. The van der Waals surface area contributed by atoms with Gasteiger partial charge in [0.05, 0.1) is 6.61 Å². The van der Waals surface area contributed by atoms with E-state index in [-0.39, 0.29) is 6.61 Å². The van der Waals surface area contributed by atoms with Crippen LogP contribution in [0.25, 0.3) is 11.0 Å². The summed E-state index contributed by atoms with van der Waals surface area (Å²) in [5, 5.41) is 13.8. The number of H-pyrrole nitrogens is 1. The van der Waals surface area contributed by atoms with Gasteiger partial charge in [-0.25, -0.2) is 4.98 Å². The minimum Gasteiger partial charge on any atom is -0.395 e. The van der Waals surface area contributed by atoms with Crippen LogP contribution in [-0.2, 0) is 6.54 Å². The van der Waals surface area contributed by atoms with Crippen molar-refractivity contribution in [3.05, 3.63) is 29.6 Å². The van der Waals surface area contributed by atoms with E-state index in [1.54, 1.807) is 0 Å². The van der Waals surface area contributed by atoms with Gasteiger partial charge in [-0.3, -0.25) is 4.90 Å². The molecule has 0 aliphatic carbocycles. The molecule has 0 aromatic carbocycles. The summed E-state index contributed by atoms with van der Waals surface area (Å²) in [5.74, 6) is 0.533. The summed E-state index contributed by atoms with van der Waals surface area (Å²) >= 11 is 0. The maximum absolute atomic E-state index is 9.12. The number of likely N-dealkylation sites (N-methyl/N-ethyl adjacent to an activating group) is 1. The summed E-state index contributed by atoms with van der Waals surface area (Å²) in [6, 6.07) is 4.13. The van der Waals surface area contributed by atoms with Crippen molar-refractivity contribution in [1.82, 2.24) is 20.2 Å². The molecule has 1 saturated heterocycles. The Bertz CT molecular complexity index is 589. The van der Waals surface area contributed by atoms with Crippen LogP contribution in [0.15, 0.2) is 18.3 Å². The van der Waals surface area contributed by atoms with Gasteiger partial charge in [0.2, 0.25) is 0 Å². The van der Waals surface area contributed by atoms with E-state index in [0.717, 1.165) is 25.3 Å². The van der Waals surface area contributed by atoms with E-state index in [9.17, 15) is 0 Å². The second kappa shape index (κ2) is 6.56. The lowest BCUT2D eigenvalue weighted by Gasteiger charge is -2.24. The highest BCUT2D eigenvalue weighted by molar-refractivity contribution is 5.81. The molecule has 0 radical (unpaired) electrons. The first kappa shape index (κ1) is 14.5. The molecule has 1 fully saturated rings. The normalized spacial score (nSPS) is 19.5. The predicted octanol–water partition coefficient (Wildman–Crippen LogP) is 1.45. The molecule has 0 spiro atoms. The van der Waals surface area contributed by atoms with Crippen molar-refractivity contribution in [2.75, 3.05) is 33.3 Å². The number of nitrogens with one attached hydrogen (secondary N) is 2. The van der Waals surface area contributed by atoms with E-state index < -0.39 is 0 Å². The third kappa shape index (κ3) is 3.10. The zero-order valence-electron chi connectivity index (χ0n) is 12.6. The summed E-state index contributed by atoms with van der Waals surface area (Å²) in [5.41, 5.74) is 3.63. The highest BCUT2D eigenvalue weighted by Gasteiger charge is 2.22. The number of piperidine rings is 1. The van der Waals surface area contributed by atoms with Crippen molar-refractivity contribution in [2.45, 2.75) is 25.3 Å². The first-order chi connectivity index (χ1) is 10.3. The van der Waals surface area contributed by atoms with Crippen LogP contribution in [0.4, 0.5) is 0 Å². The average Bonchev–Trinajstić information content (AvgIpc) is 2.87. The van der Waals surface area contributed by atoms with Gasteiger partial charge in [-0.15, -0.1) is 0 Å². The molecule has 1 aliphatic heterocycles. The smallest absolute Gasteiger partial charge is 0.137 e. The Morgan fingerprint density at radius 3 is 3.14 bits per heavy atom.